The number of benzene rings is 1. The summed E-state index contributed by atoms with van der Waals surface area (Å²) >= 11 is 0. The smallest absolute Gasteiger partial charge is 0.142 e. The highest BCUT2D eigenvalue weighted by atomic mass is 16.5. The van der Waals surface area contributed by atoms with Crippen LogP contribution in [0.4, 0.5) is 0 Å². The Hall–Kier alpha value is -1.61. The molecule has 4 rings (SSSR count). The first kappa shape index (κ1) is 14.9. The Labute approximate surface area is 138 Å². The predicted octanol–water partition coefficient (Wildman–Crippen LogP) is 4.28. The zero-order chi connectivity index (χ0) is 16.0. The van der Waals surface area contributed by atoms with Crippen LogP contribution in [0.15, 0.2) is 34.9 Å². The number of likely N-dealkylation sites (N-methyl/N-ethyl adjacent to an activating group) is 1. The summed E-state index contributed by atoms with van der Waals surface area (Å²) in [6.07, 6.45) is 4.75. The summed E-state index contributed by atoms with van der Waals surface area (Å²) in [5.41, 5.74) is 3.86. The van der Waals surface area contributed by atoms with E-state index in [1.54, 1.807) is 0 Å². The second kappa shape index (κ2) is 5.79. The van der Waals surface area contributed by atoms with Crippen molar-refractivity contribution in [2.45, 2.75) is 63.5 Å². The molecule has 4 atom stereocenters. The van der Waals surface area contributed by atoms with Crippen molar-refractivity contribution in [3.63, 3.8) is 0 Å². The predicted molar refractivity (Wildman–Crippen MR) is 91.7 cm³/mol. The highest BCUT2D eigenvalue weighted by Gasteiger charge is 2.48. The first-order chi connectivity index (χ1) is 11.2. The van der Waals surface area contributed by atoms with E-state index in [1.165, 1.54) is 30.4 Å². The van der Waals surface area contributed by atoms with Crippen molar-refractivity contribution in [2.75, 3.05) is 7.05 Å². The molecule has 3 heterocycles. The zero-order valence-corrected chi connectivity index (χ0v) is 14.3. The molecule has 0 amide bonds. The van der Waals surface area contributed by atoms with Gasteiger partial charge in [-0.1, -0.05) is 41.9 Å². The molecule has 1 unspecified atom stereocenters. The molecule has 2 fully saturated rings. The van der Waals surface area contributed by atoms with Crippen molar-refractivity contribution in [1.82, 2.24) is 10.1 Å². The number of hydrogen-bond acceptors (Lipinski definition) is 3. The molecule has 0 saturated carbocycles. The van der Waals surface area contributed by atoms with E-state index in [-0.39, 0.29) is 0 Å². The Morgan fingerprint density at radius 2 is 2.00 bits per heavy atom. The van der Waals surface area contributed by atoms with E-state index in [2.05, 4.69) is 61.3 Å². The maximum Gasteiger partial charge on any atom is 0.142 e. The van der Waals surface area contributed by atoms with Gasteiger partial charge >= 0.3 is 0 Å². The fourth-order valence-corrected chi connectivity index (χ4v) is 4.66. The normalized spacial score (nSPS) is 30.7. The van der Waals surface area contributed by atoms with Crippen molar-refractivity contribution < 1.29 is 4.52 Å². The standard InChI is InChI=1S/C20H26N2O/c1-4-15-11-19(23-21-15)20-17(14-7-5-13(2)6-8-14)12-16-9-10-18(20)22(16)3/h5-8,11,16-18,20H,4,9-10,12H2,1-3H3/t16-,17-,18?,20+/m1/s1. The molecule has 3 heteroatoms. The fourth-order valence-electron chi connectivity index (χ4n) is 4.66. The maximum atomic E-state index is 5.79. The SMILES string of the molecule is CCc1cc([C@@H]2C3CC[C@H](C[C@@H]2c2ccc(C)cc2)N3C)on1. The van der Waals surface area contributed by atoms with Crippen LogP contribution in [0.25, 0.3) is 0 Å². The largest absolute Gasteiger partial charge is 0.361 e. The molecule has 122 valence electrons. The van der Waals surface area contributed by atoms with Crippen LogP contribution < -0.4 is 0 Å². The minimum Gasteiger partial charge on any atom is -0.361 e. The third-order valence-corrected chi connectivity index (χ3v) is 6.04. The van der Waals surface area contributed by atoms with Crippen molar-refractivity contribution in [1.29, 1.82) is 0 Å². The lowest BCUT2D eigenvalue weighted by molar-refractivity contribution is 0.122. The lowest BCUT2D eigenvalue weighted by Gasteiger charge is -2.42. The van der Waals surface area contributed by atoms with Gasteiger partial charge in [0.15, 0.2) is 0 Å². The van der Waals surface area contributed by atoms with Gasteiger partial charge in [-0.3, -0.25) is 4.90 Å². The molecule has 23 heavy (non-hydrogen) atoms. The molecular weight excluding hydrogens is 284 g/mol. The van der Waals surface area contributed by atoms with Crippen LogP contribution in [-0.2, 0) is 6.42 Å². The molecule has 3 nitrogen and oxygen atoms in total. The lowest BCUT2D eigenvalue weighted by Crippen LogP contribution is -2.44. The molecule has 1 aromatic heterocycles. The molecule has 0 spiro atoms. The van der Waals surface area contributed by atoms with Crippen LogP contribution in [-0.4, -0.2) is 29.2 Å². The zero-order valence-electron chi connectivity index (χ0n) is 14.3. The Morgan fingerprint density at radius 3 is 2.70 bits per heavy atom. The van der Waals surface area contributed by atoms with Crippen LogP contribution in [0.2, 0.25) is 0 Å². The number of rotatable bonds is 3. The van der Waals surface area contributed by atoms with Gasteiger partial charge in [0.25, 0.3) is 0 Å². The molecule has 2 saturated heterocycles. The van der Waals surface area contributed by atoms with Crippen LogP contribution in [0.5, 0.6) is 0 Å². The first-order valence-corrected chi connectivity index (χ1v) is 8.91. The van der Waals surface area contributed by atoms with E-state index in [0.29, 0.717) is 17.9 Å². The summed E-state index contributed by atoms with van der Waals surface area (Å²) in [6, 6.07) is 12.6. The second-order valence-corrected chi connectivity index (χ2v) is 7.32. The van der Waals surface area contributed by atoms with Crippen molar-refractivity contribution in [2.24, 2.45) is 0 Å². The van der Waals surface area contributed by atoms with E-state index < -0.39 is 0 Å². The first-order valence-electron chi connectivity index (χ1n) is 8.91. The average Bonchev–Trinajstić information content (AvgIpc) is 3.11. The number of nitrogens with zero attached hydrogens (tertiary/aromatic N) is 2. The molecule has 2 bridgehead atoms. The quantitative estimate of drug-likeness (QED) is 0.847. The minimum absolute atomic E-state index is 0.425. The van der Waals surface area contributed by atoms with Gasteiger partial charge in [-0.15, -0.1) is 0 Å². The Balaban J connectivity index is 1.74. The van der Waals surface area contributed by atoms with Crippen molar-refractivity contribution in [3.05, 3.63) is 52.9 Å². The van der Waals surface area contributed by atoms with Gasteiger partial charge in [0, 0.05) is 24.1 Å². The van der Waals surface area contributed by atoms with Gasteiger partial charge in [0.05, 0.1) is 5.69 Å². The van der Waals surface area contributed by atoms with E-state index in [9.17, 15) is 0 Å². The molecule has 0 N–H and O–H groups in total. The van der Waals surface area contributed by atoms with Gasteiger partial charge in [0.1, 0.15) is 5.76 Å². The summed E-state index contributed by atoms with van der Waals surface area (Å²) in [4.78, 5) is 2.59. The van der Waals surface area contributed by atoms with E-state index in [0.717, 1.165) is 23.9 Å². The average molecular weight is 310 g/mol. The summed E-state index contributed by atoms with van der Waals surface area (Å²) < 4.78 is 5.79. The number of aryl methyl sites for hydroxylation is 2. The van der Waals surface area contributed by atoms with E-state index in [4.69, 9.17) is 4.52 Å². The van der Waals surface area contributed by atoms with Crippen LogP contribution in [0.1, 0.15) is 60.6 Å². The fraction of sp³-hybridized carbons (Fsp3) is 0.550. The topological polar surface area (TPSA) is 29.3 Å². The van der Waals surface area contributed by atoms with Gasteiger partial charge in [-0.25, -0.2) is 0 Å². The van der Waals surface area contributed by atoms with Gasteiger partial charge < -0.3 is 4.52 Å². The molecule has 1 aromatic carbocycles. The van der Waals surface area contributed by atoms with Gasteiger partial charge in [-0.05, 0) is 51.1 Å². The summed E-state index contributed by atoms with van der Waals surface area (Å²) in [7, 11) is 2.29. The lowest BCUT2D eigenvalue weighted by atomic mass is 9.75. The van der Waals surface area contributed by atoms with Crippen molar-refractivity contribution in [3.8, 4) is 0 Å². The Morgan fingerprint density at radius 1 is 1.22 bits per heavy atom. The number of aromatic nitrogens is 1. The molecule has 2 aliphatic rings. The molecule has 2 aliphatic heterocycles. The summed E-state index contributed by atoms with van der Waals surface area (Å²) in [5, 5.41) is 4.27. The molecule has 2 aromatic rings. The third-order valence-electron chi connectivity index (χ3n) is 6.04. The van der Waals surface area contributed by atoms with Crippen LogP contribution >= 0.6 is 0 Å². The summed E-state index contributed by atoms with van der Waals surface area (Å²) in [5.74, 6) is 2.06. The number of fused-ring (bicyclic) bond motifs is 2. The van der Waals surface area contributed by atoms with Crippen LogP contribution in [0.3, 0.4) is 0 Å². The Bertz CT molecular complexity index is 675. The highest BCUT2D eigenvalue weighted by molar-refractivity contribution is 5.31. The monoisotopic (exact) mass is 310 g/mol. The second-order valence-electron chi connectivity index (χ2n) is 7.32. The Kier molecular flexibility index (Phi) is 3.76. The molecular formula is C20H26N2O. The highest BCUT2D eigenvalue weighted by Crippen LogP contribution is 2.50. The van der Waals surface area contributed by atoms with Crippen molar-refractivity contribution >= 4 is 0 Å². The summed E-state index contributed by atoms with van der Waals surface area (Å²) in [6.45, 7) is 4.29. The molecule has 0 aliphatic carbocycles. The third kappa shape index (κ3) is 2.51. The van der Waals surface area contributed by atoms with Gasteiger partial charge in [0.2, 0.25) is 0 Å². The number of piperidine rings is 1. The van der Waals surface area contributed by atoms with Gasteiger partial charge in [-0.2, -0.15) is 0 Å². The molecule has 0 radical (unpaired) electrons. The minimum atomic E-state index is 0.425. The maximum absolute atomic E-state index is 5.79. The van der Waals surface area contributed by atoms with E-state index >= 15 is 0 Å². The van der Waals surface area contributed by atoms with Crippen LogP contribution in [0, 0.1) is 6.92 Å². The number of hydrogen-bond donors (Lipinski definition) is 0. The van der Waals surface area contributed by atoms with E-state index in [1.807, 2.05) is 0 Å².